The van der Waals surface area contributed by atoms with Crippen LogP contribution in [0.1, 0.15) is 47.5 Å². The number of nitrogens with two attached hydrogens (primary N) is 1. The minimum Gasteiger partial charge on any atom is -0.469 e. The van der Waals surface area contributed by atoms with Crippen LogP contribution >= 0.6 is 0 Å². The van der Waals surface area contributed by atoms with Crippen LogP contribution in [0.3, 0.4) is 0 Å². The van der Waals surface area contributed by atoms with E-state index in [1.165, 1.54) is 20.0 Å². The largest absolute Gasteiger partial charge is 0.469 e. The molecule has 4 fully saturated rings. The van der Waals surface area contributed by atoms with Crippen LogP contribution in [0.15, 0.2) is 0 Å². The van der Waals surface area contributed by atoms with E-state index in [0.29, 0.717) is 12.0 Å². The van der Waals surface area contributed by atoms with Gasteiger partial charge < -0.3 is 15.2 Å². The second kappa shape index (κ2) is 5.41. The summed E-state index contributed by atoms with van der Waals surface area (Å²) in [6.45, 7) is 11.0. The second-order valence-corrected chi connectivity index (χ2v) is 9.36. The molecule has 2 aliphatic carbocycles. The van der Waals surface area contributed by atoms with Crippen LogP contribution in [0.4, 0.5) is 0 Å². The van der Waals surface area contributed by atoms with Crippen LogP contribution in [0.5, 0.6) is 0 Å². The molecule has 2 aliphatic heterocycles. The van der Waals surface area contributed by atoms with Crippen LogP contribution < -0.4 is 5.73 Å². The number of hydroxylamine groups is 2. The molecule has 9 atom stereocenters. The molecule has 0 spiro atoms. The number of hydrogen-bond acceptors (Lipinski definition) is 6. The predicted molar refractivity (Wildman–Crippen MR) is 92.1 cm³/mol. The minimum atomic E-state index is -0.381. The number of carbonyl (C=O) groups excluding carboxylic acids is 1. The van der Waals surface area contributed by atoms with E-state index in [4.69, 9.17) is 20.0 Å². The highest BCUT2D eigenvalue weighted by atomic mass is 16.8. The Balaban J connectivity index is 1.60. The average Bonchev–Trinajstić information content (AvgIpc) is 3.19. The van der Waals surface area contributed by atoms with Crippen LogP contribution in [0.2, 0.25) is 0 Å². The number of carbonyl (C=O) groups is 1. The third-order valence-corrected chi connectivity index (χ3v) is 8.31. The Labute approximate surface area is 150 Å². The first-order valence-corrected chi connectivity index (χ1v) is 9.59. The summed E-state index contributed by atoms with van der Waals surface area (Å²) in [7, 11) is 1.41. The number of hydrogen-bond donors (Lipinski definition) is 1. The fourth-order valence-corrected chi connectivity index (χ4v) is 6.24. The molecule has 4 rings (SSSR count). The van der Waals surface area contributed by atoms with Gasteiger partial charge in [0, 0.05) is 17.4 Å². The monoisotopic (exact) mass is 352 g/mol. The van der Waals surface area contributed by atoms with Crippen molar-refractivity contribution in [3.63, 3.8) is 0 Å². The fraction of sp³-hybridized carbons (Fsp3) is 0.947. The Hall–Kier alpha value is -0.690. The van der Waals surface area contributed by atoms with Gasteiger partial charge in [0.2, 0.25) is 0 Å². The summed E-state index contributed by atoms with van der Waals surface area (Å²) in [5.74, 6) is -0.114. The number of ether oxygens (including phenoxy) is 2. The molecule has 2 heterocycles. The average molecular weight is 352 g/mol. The van der Waals surface area contributed by atoms with Crippen molar-refractivity contribution in [1.82, 2.24) is 5.06 Å². The van der Waals surface area contributed by atoms with Crippen molar-refractivity contribution in [1.29, 1.82) is 0 Å². The minimum absolute atomic E-state index is 0.0363. The number of fused-ring (bicyclic) bond motifs is 7. The third-order valence-electron chi connectivity index (χ3n) is 8.31. The summed E-state index contributed by atoms with van der Waals surface area (Å²) in [6.07, 6.45) is 2.38. The summed E-state index contributed by atoms with van der Waals surface area (Å²) in [5, 5.41) is 2.10. The zero-order valence-corrected chi connectivity index (χ0v) is 16.2. The van der Waals surface area contributed by atoms with Crippen LogP contribution in [-0.4, -0.2) is 48.7 Å². The van der Waals surface area contributed by atoms with E-state index >= 15 is 0 Å². The Kier molecular flexibility index (Phi) is 3.83. The van der Waals surface area contributed by atoms with Crippen molar-refractivity contribution in [3.8, 4) is 0 Å². The molecule has 6 heteroatoms. The molecular weight excluding hydrogens is 320 g/mol. The summed E-state index contributed by atoms with van der Waals surface area (Å²) in [4.78, 5) is 18.2. The lowest BCUT2D eigenvalue weighted by molar-refractivity contribution is -0.193. The van der Waals surface area contributed by atoms with Gasteiger partial charge in [-0.2, -0.15) is 5.06 Å². The Morgan fingerprint density at radius 1 is 1.36 bits per heavy atom. The topological polar surface area (TPSA) is 74.0 Å². The lowest BCUT2D eigenvalue weighted by Gasteiger charge is -2.39. The van der Waals surface area contributed by atoms with Crippen molar-refractivity contribution < 1.29 is 19.1 Å². The molecule has 2 N–H and O–H groups in total. The summed E-state index contributed by atoms with van der Waals surface area (Å²) in [6, 6.07) is -0.0541. The fourth-order valence-electron chi connectivity index (χ4n) is 6.24. The van der Waals surface area contributed by atoms with E-state index < -0.39 is 0 Å². The third kappa shape index (κ3) is 2.02. The van der Waals surface area contributed by atoms with E-state index in [9.17, 15) is 4.79 Å². The molecule has 0 aromatic rings. The molecule has 25 heavy (non-hydrogen) atoms. The number of methoxy groups -OCH3 is 1. The van der Waals surface area contributed by atoms with Gasteiger partial charge in [0.05, 0.1) is 31.3 Å². The first-order valence-electron chi connectivity index (χ1n) is 9.59. The normalized spacial score (nSPS) is 49.7. The zero-order chi connectivity index (χ0) is 18.3. The zero-order valence-electron chi connectivity index (χ0n) is 16.2. The molecule has 0 aromatic carbocycles. The van der Waals surface area contributed by atoms with Crippen molar-refractivity contribution in [2.75, 3.05) is 7.11 Å². The molecule has 4 aliphatic rings. The molecule has 2 saturated carbocycles. The summed E-state index contributed by atoms with van der Waals surface area (Å²) < 4.78 is 11.5. The molecule has 2 bridgehead atoms. The highest BCUT2D eigenvalue weighted by molar-refractivity contribution is 5.72. The van der Waals surface area contributed by atoms with E-state index in [-0.39, 0.29) is 53.1 Å². The maximum Gasteiger partial charge on any atom is 0.309 e. The van der Waals surface area contributed by atoms with Crippen molar-refractivity contribution >= 4 is 5.97 Å². The Bertz CT molecular complexity index is 582. The van der Waals surface area contributed by atoms with Gasteiger partial charge in [-0.1, -0.05) is 27.7 Å². The molecule has 0 radical (unpaired) electrons. The van der Waals surface area contributed by atoms with Crippen LogP contribution in [-0.2, 0) is 19.1 Å². The van der Waals surface area contributed by atoms with Crippen molar-refractivity contribution in [2.45, 2.75) is 78.0 Å². The molecule has 2 saturated heterocycles. The predicted octanol–water partition coefficient (Wildman–Crippen LogP) is 1.92. The first kappa shape index (κ1) is 17.7. The summed E-state index contributed by atoms with van der Waals surface area (Å²) in [5.41, 5.74) is 6.90. The molecular formula is C19H32N2O4. The van der Waals surface area contributed by atoms with Crippen molar-refractivity contribution in [3.05, 3.63) is 0 Å². The smallest absolute Gasteiger partial charge is 0.309 e. The number of rotatable bonds is 3. The number of esters is 1. The van der Waals surface area contributed by atoms with Gasteiger partial charge in [-0.15, -0.1) is 0 Å². The van der Waals surface area contributed by atoms with Gasteiger partial charge >= 0.3 is 5.97 Å². The standard InChI is InChI=1S/C19H32N2O4/c1-9(17(22)23-6)13(20)12-10(2)25-21-14-11-7-8-19(5,18(11,3)4)15(14)24-16(12)21/h9-16H,7-8,20H2,1-6H3/t9-,10-,11+,12+,13+,14+,15+,16-,19-/m0/s1. The van der Waals surface area contributed by atoms with Crippen molar-refractivity contribution in [2.24, 2.45) is 34.3 Å². The summed E-state index contributed by atoms with van der Waals surface area (Å²) >= 11 is 0. The molecule has 0 amide bonds. The Morgan fingerprint density at radius 2 is 2.04 bits per heavy atom. The highest BCUT2D eigenvalue weighted by Crippen LogP contribution is 2.70. The van der Waals surface area contributed by atoms with Gasteiger partial charge in [0.1, 0.15) is 6.23 Å². The molecule has 6 nitrogen and oxygen atoms in total. The maximum absolute atomic E-state index is 12.0. The van der Waals surface area contributed by atoms with E-state index in [1.54, 1.807) is 0 Å². The molecule has 0 aromatic heterocycles. The SMILES string of the molecule is COC(=O)[C@@H](C)[C@@H](N)[C@H]1[C@H](C)ON2[C@@H]3[C@H]4CC[C@@](C)([C@@H]3O[C@@H]12)C4(C)C. The molecule has 142 valence electrons. The van der Waals surface area contributed by atoms with E-state index in [0.717, 1.165) is 0 Å². The second-order valence-electron chi connectivity index (χ2n) is 9.36. The van der Waals surface area contributed by atoms with Gasteiger partial charge in [-0.25, -0.2) is 0 Å². The number of nitrogens with zero attached hydrogens (tertiary/aromatic N) is 1. The van der Waals surface area contributed by atoms with E-state index in [1.807, 2.05) is 13.8 Å². The van der Waals surface area contributed by atoms with Crippen LogP contribution in [0.25, 0.3) is 0 Å². The molecule has 0 unspecified atom stereocenters. The quantitative estimate of drug-likeness (QED) is 0.783. The highest BCUT2D eigenvalue weighted by Gasteiger charge is 2.73. The lowest BCUT2D eigenvalue weighted by atomic mass is 9.70. The van der Waals surface area contributed by atoms with Crippen LogP contribution in [0, 0.1) is 28.6 Å². The lowest BCUT2D eigenvalue weighted by Crippen LogP contribution is -2.49. The maximum atomic E-state index is 12.0. The van der Waals surface area contributed by atoms with Gasteiger partial charge in [0.15, 0.2) is 0 Å². The first-order chi connectivity index (χ1) is 11.6. The van der Waals surface area contributed by atoms with Gasteiger partial charge in [-0.3, -0.25) is 9.63 Å². The van der Waals surface area contributed by atoms with Gasteiger partial charge in [-0.05, 0) is 31.1 Å². The Morgan fingerprint density at radius 3 is 2.68 bits per heavy atom. The van der Waals surface area contributed by atoms with Gasteiger partial charge in [0.25, 0.3) is 0 Å². The van der Waals surface area contributed by atoms with E-state index in [2.05, 4.69) is 25.8 Å².